The molecule has 0 radical (unpaired) electrons. The first-order valence-electron chi connectivity index (χ1n) is 10.3. The van der Waals surface area contributed by atoms with Crippen molar-refractivity contribution in [1.82, 2.24) is 5.32 Å². The summed E-state index contributed by atoms with van der Waals surface area (Å²) in [6, 6.07) is 24.5. The molecule has 5 nitrogen and oxygen atoms in total. The monoisotopic (exact) mass is 434 g/mol. The van der Waals surface area contributed by atoms with E-state index in [1.807, 2.05) is 60.7 Å². The molecule has 6 heteroatoms. The predicted octanol–water partition coefficient (Wildman–Crippen LogP) is 5.57. The number of hydrogen-bond acceptors (Lipinski definition) is 4. The minimum Gasteiger partial charge on any atom is -0.493 e. The number of carbonyl (C=O) groups is 1. The third kappa shape index (κ3) is 7.12. The van der Waals surface area contributed by atoms with Crippen molar-refractivity contribution in [3.05, 3.63) is 90.0 Å². The summed E-state index contributed by atoms with van der Waals surface area (Å²) in [7, 11) is 0. The van der Waals surface area contributed by atoms with Crippen LogP contribution in [0, 0.1) is 0 Å². The van der Waals surface area contributed by atoms with Crippen LogP contribution in [0.1, 0.15) is 35.7 Å². The molecule has 0 unspecified atom stereocenters. The molecule has 0 atom stereocenters. The molecule has 0 spiro atoms. The van der Waals surface area contributed by atoms with Crippen molar-refractivity contribution in [2.24, 2.45) is 0 Å². The lowest BCUT2D eigenvalue weighted by atomic mass is 10.2. The van der Waals surface area contributed by atoms with Crippen LogP contribution in [0.4, 0.5) is 5.69 Å². The zero-order valence-corrected chi connectivity index (χ0v) is 18.3. The standard InChI is InChI=1S/C25H26N2O3S/c1-2-3-17-29-23-12-8-7-11-22(23)24(28)27-25(31)26-20-13-15-21(16-14-20)30-18-19-9-5-4-6-10-19/h4-16H,2-3,17-18H2,1H3,(H2,26,27,28,31). The van der Waals surface area contributed by atoms with Crippen LogP contribution >= 0.6 is 12.2 Å². The Morgan fingerprint density at radius 1 is 0.903 bits per heavy atom. The van der Waals surface area contributed by atoms with Gasteiger partial charge in [0.15, 0.2) is 5.11 Å². The number of carbonyl (C=O) groups excluding carboxylic acids is 1. The average Bonchev–Trinajstić information content (AvgIpc) is 2.80. The molecule has 0 bridgehead atoms. The van der Waals surface area contributed by atoms with E-state index < -0.39 is 0 Å². The van der Waals surface area contributed by atoms with Crippen molar-refractivity contribution < 1.29 is 14.3 Å². The SMILES string of the molecule is CCCCOc1ccccc1C(=O)NC(=S)Nc1ccc(OCc2ccccc2)cc1. The first-order chi connectivity index (χ1) is 15.2. The Balaban J connectivity index is 1.52. The fourth-order valence-electron chi connectivity index (χ4n) is 2.81. The summed E-state index contributed by atoms with van der Waals surface area (Å²) in [6.07, 6.45) is 1.96. The number of ether oxygens (including phenoxy) is 2. The first kappa shape index (κ1) is 22.3. The van der Waals surface area contributed by atoms with E-state index in [9.17, 15) is 4.79 Å². The summed E-state index contributed by atoms with van der Waals surface area (Å²) < 4.78 is 11.5. The molecule has 3 rings (SSSR count). The van der Waals surface area contributed by atoms with Gasteiger partial charge in [-0.15, -0.1) is 0 Å². The summed E-state index contributed by atoms with van der Waals surface area (Å²) in [6.45, 7) is 3.16. The van der Waals surface area contributed by atoms with Gasteiger partial charge in [-0.2, -0.15) is 0 Å². The number of unbranched alkanes of at least 4 members (excludes halogenated alkanes) is 1. The summed E-state index contributed by atoms with van der Waals surface area (Å²) in [4.78, 5) is 12.6. The van der Waals surface area contributed by atoms with E-state index >= 15 is 0 Å². The second-order valence-corrected chi connectivity index (χ2v) is 7.31. The highest BCUT2D eigenvalue weighted by Crippen LogP contribution is 2.19. The van der Waals surface area contributed by atoms with Crippen molar-refractivity contribution >= 4 is 28.9 Å². The van der Waals surface area contributed by atoms with Crippen LogP contribution in [0.25, 0.3) is 0 Å². The maximum absolute atomic E-state index is 12.6. The summed E-state index contributed by atoms with van der Waals surface area (Å²) in [5, 5.41) is 5.94. The number of nitrogens with one attached hydrogen (secondary N) is 2. The minimum absolute atomic E-state index is 0.214. The van der Waals surface area contributed by atoms with Gasteiger partial charge < -0.3 is 14.8 Å². The molecule has 31 heavy (non-hydrogen) atoms. The van der Waals surface area contributed by atoms with E-state index in [0.717, 1.165) is 29.8 Å². The van der Waals surface area contributed by atoms with Crippen molar-refractivity contribution in [3.63, 3.8) is 0 Å². The normalized spacial score (nSPS) is 10.2. The third-order valence-electron chi connectivity index (χ3n) is 4.47. The van der Waals surface area contributed by atoms with Crippen LogP contribution < -0.4 is 20.1 Å². The molecule has 160 valence electrons. The average molecular weight is 435 g/mol. The highest BCUT2D eigenvalue weighted by molar-refractivity contribution is 7.80. The molecule has 0 aliphatic heterocycles. The maximum atomic E-state index is 12.6. The number of anilines is 1. The molecule has 2 N–H and O–H groups in total. The van der Waals surface area contributed by atoms with E-state index in [0.29, 0.717) is 24.5 Å². The van der Waals surface area contributed by atoms with Gasteiger partial charge in [-0.25, -0.2) is 0 Å². The molecule has 0 fully saturated rings. The second kappa shape index (κ2) is 11.7. The number of benzene rings is 3. The molecule has 0 saturated carbocycles. The lowest BCUT2D eigenvalue weighted by Gasteiger charge is -2.13. The van der Waals surface area contributed by atoms with Crippen LogP contribution in [0.3, 0.4) is 0 Å². The molecular formula is C25H26N2O3S. The Labute approximate surface area is 188 Å². The van der Waals surface area contributed by atoms with Crippen LogP contribution in [0.15, 0.2) is 78.9 Å². The summed E-state index contributed by atoms with van der Waals surface area (Å²) >= 11 is 5.29. The highest BCUT2D eigenvalue weighted by atomic mass is 32.1. The Bertz CT molecular complexity index is 991. The zero-order valence-electron chi connectivity index (χ0n) is 17.5. The van der Waals surface area contributed by atoms with E-state index in [-0.39, 0.29) is 11.0 Å². The third-order valence-corrected chi connectivity index (χ3v) is 4.68. The lowest BCUT2D eigenvalue weighted by Crippen LogP contribution is -2.34. The van der Waals surface area contributed by atoms with Gasteiger partial charge in [-0.3, -0.25) is 10.1 Å². The molecule has 0 saturated heterocycles. The second-order valence-electron chi connectivity index (χ2n) is 6.91. The predicted molar refractivity (Wildman–Crippen MR) is 128 cm³/mol. The Hall–Kier alpha value is -3.38. The van der Waals surface area contributed by atoms with E-state index in [1.165, 1.54) is 0 Å². The van der Waals surface area contributed by atoms with Gasteiger partial charge in [-0.05, 0) is 60.6 Å². The number of hydrogen-bond donors (Lipinski definition) is 2. The maximum Gasteiger partial charge on any atom is 0.261 e. The van der Waals surface area contributed by atoms with Gasteiger partial charge in [0.25, 0.3) is 5.91 Å². The molecule has 0 aromatic heterocycles. The summed E-state index contributed by atoms with van der Waals surface area (Å²) in [5.41, 5.74) is 2.31. The minimum atomic E-state index is -0.313. The van der Waals surface area contributed by atoms with Crippen LogP contribution in [-0.4, -0.2) is 17.6 Å². The van der Waals surface area contributed by atoms with E-state index in [1.54, 1.807) is 18.2 Å². The summed E-state index contributed by atoms with van der Waals surface area (Å²) in [5.74, 6) is 0.992. The largest absolute Gasteiger partial charge is 0.493 e. The fraction of sp³-hybridized carbons (Fsp3) is 0.200. The van der Waals surface area contributed by atoms with Crippen molar-refractivity contribution in [1.29, 1.82) is 0 Å². The first-order valence-corrected chi connectivity index (χ1v) is 10.7. The van der Waals surface area contributed by atoms with Crippen LogP contribution in [0.5, 0.6) is 11.5 Å². The van der Waals surface area contributed by atoms with Crippen molar-refractivity contribution in [2.75, 3.05) is 11.9 Å². The van der Waals surface area contributed by atoms with Crippen LogP contribution in [0.2, 0.25) is 0 Å². The molecule has 0 aliphatic carbocycles. The molecule has 3 aromatic rings. The number of para-hydroxylation sites is 1. The molecular weight excluding hydrogens is 408 g/mol. The van der Waals surface area contributed by atoms with Gasteiger partial charge in [0.2, 0.25) is 0 Å². The lowest BCUT2D eigenvalue weighted by molar-refractivity contribution is 0.0973. The van der Waals surface area contributed by atoms with Crippen molar-refractivity contribution in [3.8, 4) is 11.5 Å². The number of amides is 1. The number of thiocarbonyl (C=S) groups is 1. The Morgan fingerprint density at radius 2 is 1.61 bits per heavy atom. The fourth-order valence-corrected chi connectivity index (χ4v) is 3.03. The van der Waals surface area contributed by atoms with Crippen molar-refractivity contribution in [2.45, 2.75) is 26.4 Å². The quantitative estimate of drug-likeness (QED) is 0.340. The molecule has 1 amide bonds. The van der Waals surface area contributed by atoms with Crippen LogP contribution in [-0.2, 0) is 6.61 Å². The van der Waals surface area contributed by atoms with Gasteiger partial charge in [0.1, 0.15) is 18.1 Å². The molecule has 0 heterocycles. The zero-order chi connectivity index (χ0) is 21.9. The van der Waals surface area contributed by atoms with Gasteiger partial charge >= 0.3 is 0 Å². The van der Waals surface area contributed by atoms with E-state index in [2.05, 4.69) is 17.6 Å². The topological polar surface area (TPSA) is 59.6 Å². The van der Waals surface area contributed by atoms with Gasteiger partial charge in [-0.1, -0.05) is 55.8 Å². The Morgan fingerprint density at radius 3 is 2.35 bits per heavy atom. The number of rotatable bonds is 9. The molecule has 0 aliphatic rings. The van der Waals surface area contributed by atoms with E-state index in [4.69, 9.17) is 21.7 Å². The molecule has 3 aromatic carbocycles. The highest BCUT2D eigenvalue weighted by Gasteiger charge is 2.13. The van der Waals surface area contributed by atoms with Gasteiger partial charge in [0, 0.05) is 5.69 Å². The smallest absolute Gasteiger partial charge is 0.261 e. The Kier molecular flexibility index (Phi) is 8.43. The van der Waals surface area contributed by atoms with Gasteiger partial charge in [0.05, 0.1) is 12.2 Å².